The van der Waals surface area contributed by atoms with Crippen LogP contribution < -0.4 is 0 Å². The number of aliphatic hydroxyl groups excluding tert-OH is 1. The molecule has 0 saturated heterocycles. The number of carboxylic acids is 2. The maximum atomic E-state index is 12.6. The molecular formula is C12H9F6NO8. The SMILES string of the molecule is O=C(O)CO.O=C(O)c1ccc(C(O)(C(F)(F)F)C(F)(F)F)cc1[N+](=O)[O-]. The topological polar surface area (TPSA) is 158 Å². The van der Waals surface area contributed by atoms with Crippen LogP contribution in [0.3, 0.4) is 0 Å². The summed E-state index contributed by atoms with van der Waals surface area (Å²) >= 11 is 0. The van der Waals surface area contributed by atoms with Crippen LogP contribution in [-0.2, 0) is 10.4 Å². The van der Waals surface area contributed by atoms with Gasteiger partial charge in [0.25, 0.3) is 11.3 Å². The summed E-state index contributed by atoms with van der Waals surface area (Å²) in [6, 6.07) is -0.0832. The minimum absolute atomic E-state index is 0.0113. The zero-order chi connectivity index (χ0) is 21.8. The Kier molecular flexibility index (Phi) is 7.28. The number of hydrogen-bond donors (Lipinski definition) is 4. The molecule has 4 N–H and O–H groups in total. The van der Waals surface area contributed by atoms with Gasteiger partial charge in [-0.15, -0.1) is 0 Å². The Hall–Kier alpha value is -2.94. The molecule has 0 aliphatic carbocycles. The minimum atomic E-state index is -6.23. The lowest BCUT2D eigenvalue weighted by Gasteiger charge is -2.32. The van der Waals surface area contributed by atoms with Crippen molar-refractivity contribution in [2.45, 2.75) is 18.0 Å². The van der Waals surface area contributed by atoms with Crippen LogP contribution in [0.5, 0.6) is 0 Å². The van der Waals surface area contributed by atoms with E-state index >= 15 is 0 Å². The smallest absolute Gasteiger partial charge is 0.430 e. The zero-order valence-corrected chi connectivity index (χ0v) is 12.6. The summed E-state index contributed by atoms with van der Waals surface area (Å²) in [6.45, 7) is -0.778. The van der Waals surface area contributed by atoms with Crippen LogP contribution in [0.25, 0.3) is 0 Å². The highest BCUT2D eigenvalue weighted by Crippen LogP contribution is 2.50. The second-order valence-electron chi connectivity index (χ2n) is 4.55. The first kappa shape index (κ1) is 24.1. The number of hydrogen-bond acceptors (Lipinski definition) is 6. The number of carboxylic acid groups (broad SMARTS) is 2. The number of aliphatic hydroxyl groups is 2. The maximum Gasteiger partial charge on any atom is 0.430 e. The molecule has 0 saturated carbocycles. The number of aliphatic carboxylic acids is 1. The molecule has 1 aromatic carbocycles. The van der Waals surface area contributed by atoms with Crippen LogP contribution >= 0.6 is 0 Å². The van der Waals surface area contributed by atoms with Gasteiger partial charge in [-0.25, -0.2) is 9.59 Å². The number of nitro benzene ring substituents is 1. The quantitative estimate of drug-likeness (QED) is 0.332. The third-order valence-corrected chi connectivity index (χ3v) is 2.80. The Balaban J connectivity index is 0.00000119. The van der Waals surface area contributed by atoms with E-state index in [2.05, 4.69) is 0 Å². The molecule has 152 valence electrons. The molecule has 0 spiro atoms. The van der Waals surface area contributed by atoms with E-state index in [0.29, 0.717) is 0 Å². The largest absolute Gasteiger partial charge is 0.480 e. The molecule has 27 heavy (non-hydrogen) atoms. The van der Waals surface area contributed by atoms with Gasteiger partial charge in [-0.05, 0) is 6.07 Å². The summed E-state index contributed by atoms with van der Waals surface area (Å²) < 4.78 is 75.7. The molecule has 0 aromatic heterocycles. The van der Waals surface area contributed by atoms with Crippen LogP contribution in [0.2, 0.25) is 0 Å². The van der Waals surface area contributed by atoms with Crippen LogP contribution in [0.1, 0.15) is 15.9 Å². The van der Waals surface area contributed by atoms with E-state index in [0.717, 1.165) is 0 Å². The number of nitro groups is 1. The van der Waals surface area contributed by atoms with E-state index in [4.69, 9.17) is 25.2 Å². The summed E-state index contributed by atoms with van der Waals surface area (Å²) in [5.41, 5.74) is -9.93. The summed E-state index contributed by atoms with van der Waals surface area (Å²) in [7, 11) is 0. The van der Waals surface area contributed by atoms with Crippen molar-refractivity contribution < 1.29 is 61.3 Å². The summed E-state index contributed by atoms with van der Waals surface area (Å²) in [4.78, 5) is 28.9. The molecule has 0 unspecified atom stereocenters. The first-order chi connectivity index (χ1) is 12.0. The monoisotopic (exact) mass is 409 g/mol. The van der Waals surface area contributed by atoms with Gasteiger partial charge in [0.15, 0.2) is 0 Å². The molecule has 1 aromatic rings. The van der Waals surface area contributed by atoms with Crippen molar-refractivity contribution >= 4 is 17.6 Å². The van der Waals surface area contributed by atoms with E-state index in [1.54, 1.807) is 0 Å². The average molecular weight is 409 g/mol. The maximum absolute atomic E-state index is 12.6. The Morgan fingerprint density at radius 1 is 1.04 bits per heavy atom. The lowest BCUT2D eigenvalue weighted by atomic mass is 9.91. The second-order valence-corrected chi connectivity index (χ2v) is 4.55. The number of alkyl halides is 6. The Morgan fingerprint density at radius 2 is 1.44 bits per heavy atom. The van der Waals surface area contributed by atoms with Crippen LogP contribution in [0, 0.1) is 10.1 Å². The first-order valence-electron chi connectivity index (χ1n) is 6.21. The van der Waals surface area contributed by atoms with Gasteiger partial charge in [-0.1, -0.05) is 6.07 Å². The fraction of sp³-hybridized carbons (Fsp3) is 0.333. The fourth-order valence-corrected chi connectivity index (χ4v) is 1.58. The number of aromatic carboxylic acids is 1. The van der Waals surface area contributed by atoms with Crippen LogP contribution in [-0.4, -0.2) is 56.2 Å². The van der Waals surface area contributed by atoms with Gasteiger partial charge < -0.3 is 20.4 Å². The Bertz CT molecular complexity index is 716. The number of benzene rings is 1. The molecule has 0 aliphatic rings. The lowest BCUT2D eigenvalue weighted by Crippen LogP contribution is -2.53. The van der Waals surface area contributed by atoms with Crippen molar-refractivity contribution in [1.29, 1.82) is 0 Å². The van der Waals surface area contributed by atoms with Gasteiger partial charge in [-0.2, -0.15) is 26.3 Å². The minimum Gasteiger partial charge on any atom is -0.480 e. The summed E-state index contributed by atoms with van der Waals surface area (Å²) in [5, 5.41) is 43.3. The van der Waals surface area contributed by atoms with Gasteiger partial charge in [0.05, 0.1) is 4.92 Å². The van der Waals surface area contributed by atoms with E-state index in [-0.39, 0.29) is 18.2 Å². The molecule has 1 rings (SSSR count). The highest BCUT2D eigenvalue weighted by molar-refractivity contribution is 5.92. The molecular weight excluding hydrogens is 400 g/mol. The summed E-state index contributed by atoms with van der Waals surface area (Å²) in [6.07, 6.45) is -12.5. The van der Waals surface area contributed by atoms with Crippen molar-refractivity contribution in [2.24, 2.45) is 0 Å². The fourth-order valence-electron chi connectivity index (χ4n) is 1.58. The van der Waals surface area contributed by atoms with Crippen LogP contribution in [0.15, 0.2) is 18.2 Å². The van der Waals surface area contributed by atoms with Crippen LogP contribution in [0.4, 0.5) is 32.0 Å². The number of nitrogens with zero attached hydrogens (tertiary/aromatic N) is 1. The number of carbonyl (C=O) groups is 2. The Labute approximate surface area is 144 Å². The second kappa shape index (κ2) is 8.17. The number of halogens is 6. The molecule has 0 atom stereocenters. The normalized spacial score (nSPS) is 12.0. The van der Waals surface area contributed by atoms with E-state index in [1.165, 1.54) is 0 Å². The molecule has 0 amide bonds. The van der Waals surface area contributed by atoms with E-state index in [1.807, 2.05) is 0 Å². The zero-order valence-electron chi connectivity index (χ0n) is 12.6. The summed E-state index contributed by atoms with van der Waals surface area (Å²) in [5.74, 6) is -3.12. The highest BCUT2D eigenvalue weighted by atomic mass is 19.4. The van der Waals surface area contributed by atoms with Gasteiger partial charge in [0.1, 0.15) is 12.2 Å². The molecule has 0 aliphatic heterocycles. The van der Waals surface area contributed by atoms with Crippen molar-refractivity contribution in [3.63, 3.8) is 0 Å². The standard InChI is InChI=1S/C10H5F6NO5.C2H4O3/c11-9(12,13)8(20,10(14,15)16)4-1-2-5(7(18)19)6(3-4)17(21)22;3-1-2(4)5/h1-3,20H,(H,18,19);3H,1H2,(H,4,5). The highest BCUT2D eigenvalue weighted by Gasteiger charge is 2.71. The lowest BCUT2D eigenvalue weighted by molar-refractivity contribution is -0.387. The van der Waals surface area contributed by atoms with Crippen molar-refractivity contribution in [1.82, 2.24) is 0 Å². The number of rotatable bonds is 4. The molecule has 0 radical (unpaired) electrons. The first-order valence-corrected chi connectivity index (χ1v) is 6.21. The molecule has 0 heterocycles. The predicted molar refractivity (Wildman–Crippen MR) is 70.8 cm³/mol. The predicted octanol–water partition coefficient (Wildman–Crippen LogP) is 1.67. The third kappa shape index (κ3) is 5.27. The Morgan fingerprint density at radius 3 is 1.70 bits per heavy atom. The molecule has 9 nitrogen and oxygen atoms in total. The van der Waals surface area contributed by atoms with Gasteiger partial charge in [0, 0.05) is 11.6 Å². The molecule has 0 bridgehead atoms. The average Bonchev–Trinajstić information content (AvgIpc) is 2.51. The van der Waals surface area contributed by atoms with Crippen molar-refractivity contribution in [3.8, 4) is 0 Å². The van der Waals surface area contributed by atoms with E-state index < -0.39 is 58.2 Å². The third-order valence-electron chi connectivity index (χ3n) is 2.80. The van der Waals surface area contributed by atoms with E-state index in [9.17, 15) is 41.3 Å². The van der Waals surface area contributed by atoms with Gasteiger partial charge in [0.2, 0.25) is 0 Å². The van der Waals surface area contributed by atoms with Crippen molar-refractivity contribution in [2.75, 3.05) is 6.61 Å². The van der Waals surface area contributed by atoms with Gasteiger partial charge >= 0.3 is 24.3 Å². The molecule has 0 fully saturated rings. The van der Waals surface area contributed by atoms with Gasteiger partial charge in [-0.3, -0.25) is 10.1 Å². The van der Waals surface area contributed by atoms with Crippen molar-refractivity contribution in [3.05, 3.63) is 39.4 Å². The molecule has 15 heteroatoms.